The fraction of sp³-hybridized carbons (Fsp3) is 0.667. The molecule has 1 saturated heterocycles. The molecule has 0 bridgehead atoms. The first-order valence-electron chi connectivity index (χ1n) is 7.28. The van der Waals surface area contributed by atoms with Gasteiger partial charge >= 0.3 is 0 Å². The standard InChI is InChI=1S/C15H22N2OS/c1-3-15(2)14(18)17(12-6-4-5-7-12)13(16-15)11-8-9-19-10-11/h8-10,12-13,16H,3-7H2,1-2H3. The number of carbonyl (C=O) groups excluding carboxylic acids is 1. The molecule has 0 aromatic carbocycles. The fourth-order valence-corrected chi connectivity index (χ4v) is 4.00. The van der Waals surface area contributed by atoms with E-state index in [1.54, 1.807) is 11.3 Å². The van der Waals surface area contributed by atoms with Crippen molar-refractivity contribution in [1.82, 2.24) is 10.2 Å². The summed E-state index contributed by atoms with van der Waals surface area (Å²) < 4.78 is 0. The van der Waals surface area contributed by atoms with E-state index >= 15 is 0 Å². The average Bonchev–Trinajstić information content (AvgIpc) is 3.12. The first kappa shape index (κ1) is 13.1. The van der Waals surface area contributed by atoms with Gasteiger partial charge in [-0.05, 0) is 48.6 Å². The average molecular weight is 278 g/mol. The maximum Gasteiger partial charge on any atom is 0.244 e. The summed E-state index contributed by atoms with van der Waals surface area (Å²) in [6.07, 6.45) is 5.75. The molecule has 1 aliphatic carbocycles. The van der Waals surface area contributed by atoms with Crippen LogP contribution in [-0.2, 0) is 4.79 Å². The van der Waals surface area contributed by atoms with Crippen LogP contribution in [0.1, 0.15) is 57.7 Å². The van der Waals surface area contributed by atoms with Gasteiger partial charge < -0.3 is 4.90 Å². The van der Waals surface area contributed by atoms with E-state index in [0.29, 0.717) is 6.04 Å². The highest BCUT2D eigenvalue weighted by molar-refractivity contribution is 7.07. The molecule has 1 aliphatic heterocycles. The number of rotatable bonds is 3. The SMILES string of the molecule is CCC1(C)NC(c2ccsc2)N(C2CCCC2)C1=O. The van der Waals surface area contributed by atoms with Gasteiger partial charge in [0.1, 0.15) is 6.17 Å². The lowest BCUT2D eigenvalue weighted by Gasteiger charge is -2.30. The molecule has 1 saturated carbocycles. The molecule has 2 unspecified atom stereocenters. The van der Waals surface area contributed by atoms with Gasteiger partial charge in [-0.1, -0.05) is 19.8 Å². The molecule has 4 heteroatoms. The highest BCUT2D eigenvalue weighted by Crippen LogP contribution is 2.38. The predicted molar refractivity (Wildman–Crippen MR) is 78.0 cm³/mol. The Morgan fingerprint density at radius 2 is 2.21 bits per heavy atom. The monoisotopic (exact) mass is 278 g/mol. The Morgan fingerprint density at radius 1 is 1.47 bits per heavy atom. The van der Waals surface area contributed by atoms with E-state index < -0.39 is 5.54 Å². The Kier molecular flexibility index (Phi) is 3.39. The smallest absolute Gasteiger partial charge is 0.244 e. The maximum atomic E-state index is 12.8. The molecule has 3 rings (SSSR count). The summed E-state index contributed by atoms with van der Waals surface area (Å²) in [6, 6.07) is 2.57. The van der Waals surface area contributed by atoms with E-state index in [0.717, 1.165) is 19.3 Å². The largest absolute Gasteiger partial charge is 0.318 e. The van der Waals surface area contributed by atoms with Crippen LogP contribution < -0.4 is 5.32 Å². The second-order valence-corrected chi connectivity index (χ2v) is 6.72. The molecule has 19 heavy (non-hydrogen) atoms. The zero-order chi connectivity index (χ0) is 13.5. The number of thiophene rings is 1. The lowest BCUT2D eigenvalue weighted by atomic mass is 9.99. The first-order valence-corrected chi connectivity index (χ1v) is 8.22. The van der Waals surface area contributed by atoms with Gasteiger partial charge in [-0.2, -0.15) is 11.3 Å². The molecule has 2 heterocycles. The predicted octanol–water partition coefficient (Wildman–Crippen LogP) is 3.29. The normalized spacial score (nSPS) is 32.4. The Labute approximate surface area is 119 Å². The Hall–Kier alpha value is -0.870. The molecule has 1 N–H and O–H groups in total. The summed E-state index contributed by atoms with van der Waals surface area (Å²) in [5.74, 6) is 0.290. The minimum Gasteiger partial charge on any atom is -0.318 e. The summed E-state index contributed by atoms with van der Waals surface area (Å²) >= 11 is 1.70. The van der Waals surface area contributed by atoms with Gasteiger partial charge in [0, 0.05) is 6.04 Å². The minimum atomic E-state index is -0.394. The van der Waals surface area contributed by atoms with Crippen molar-refractivity contribution in [2.24, 2.45) is 0 Å². The number of nitrogens with one attached hydrogen (secondary N) is 1. The zero-order valence-corrected chi connectivity index (χ0v) is 12.5. The van der Waals surface area contributed by atoms with Crippen LogP contribution in [0, 0.1) is 0 Å². The Bertz CT molecular complexity index is 453. The third-order valence-corrected chi connectivity index (χ3v) is 5.43. The van der Waals surface area contributed by atoms with Crippen LogP contribution in [0.3, 0.4) is 0 Å². The number of carbonyl (C=O) groups is 1. The number of amides is 1. The van der Waals surface area contributed by atoms with E-state index in [4.69, 9.17) is 0 Å². The van der Waals surface area contributed by atoms with Crippen molar-refractivity contribution in [1.29, 1.82) is 0 Å². The molecular formula is C15H22N2OS. The highest BCUT2D eigenvalue weighted by Gasteiger charge is 2.49. The molecular weight excluding hydrogens is 256 g/mol. The summed E-state index contributed by atoms with van der Waals surface area (Å²) in [5, 5.41) is 7.83. The first-order chi connectivity index (χ1) is 9.15. The molecule has 2 atom stereocenters. The van der Waals surface area contributed by atoms with E-state index in [-0.39, 0.29) is 12.1 Å². The molecule has 0 radical (unpaired) electrons. The van der Waals surface area contributed by atoms with Crippen LogP contribution in [0.4, 0.5) is 0 Å². The second kappa shape index (κ2) is 4.91. The van der Waals surface area contributed by atoms with Gasteiger partial charge in [-0.15, -0.1) is 0 Å². The molecule has 2 aliphatic rings. The van der Waals surface area contributed by atoms with E-state index in [1.165, 1.54) is 18.4 Å². The van der Waals surface area contributed by atoms with Crippen LogP contribution in [-0.4, -0.2) is 22.4 Å². The summed E-state index contributed by atoms with van der Waals surface area (Å²) in [7, 11) is 0. The topological polar surface area (TPSA) is 32.3 Å². The number of nitrogens with zero attached hydrogens (tertiary/aromatic N) is 1. The van der Waals surface area contributed by atoms with Gasteiger partial charge in [-0.3, -0.25) is 10.1 Å². The van der Waals surface area contributed by atoms with Gasteiger partial charge in [-0.25, -0.2) is 0 Å². The second-order valence-electron chi connectivity index (χ2n) is 5.94. The van der Waals surface area contributed by atoms with Gasteiger partial charge in [0.2, 0.25) is 5.91 Å². The lowest BCUT2D eigenvalue weighted by molar-refractivity contribution is -0.135. The minimum absolute atomic E-state index is 0.0757. The molecule has 1 aromatic heterocycles. The van der Waals surface area contributed by atoms with Gasteiger partial charge in [0.05, 0.1) is 5.54 Å². The molecule has 1 amide bonds. The molecule has 2 fully saturated rings. The summed E-state index contributed by atoms with van der Waals surface area (Å²) in [6.45, 7) is 4.14. The van der Waals surface area contributed by atoms with Crippen LogP contribution in [0.2, 0.25) is 0 Å². The zero-order valence-electron chi connectivity index (χ0n) is 11.7. The number of hydrogen-bond donors (Lipinski definition) is 1. The quantitative estimate of drug-likeness (QED) is 0.920. The van der Waals surface area contributed by atoms with E-state index in [1.807, 2.05) is 6.92 Å². The van der Waals surface area contributed by atoms with Crippen molar-refractivity contribution in [2.75, 3.05) is 0 Å². The third-order valence-electron chi connectivity index (χ3n) is 4.72. The van der Waals surface area contributed by atoms with Crippen molar-refractivity contribution in [3.63, 3.8) is 0 Å². The van der Waals surface area contributed by atoms with Gasteiger partial charge in [0.15, 0.2) is 0 Å². The third kappa shape index (κ3) is 2.11. The van der Waals surface area contributed by atoms with Crippen molar-refractivity contribution in [3.8, 4) is 0 Å². The van der Waals surface area contributed by atoms with Crippen LogP contribution in [0.15, 0.2) is 16.8 Å². The molecule has 0 spiro atoms. The van der Waals surface area contributed by atoms with Gasteiger partial charge in [0.25, 0.3) is 0 Å². The highest BCUT2D eigenvalue weighted by atomic mass is 32.1. The van der Waals surface area contributed by atoms with Crippen molar-refractivity contribution >= 4 is 17.2 Å². The maximum absolute atomic E-state index is 12.8. The van der Waals surface area contributed by atoms with Crippen molar-refractivity contribution in [3.05, 3.63) is 22.4 Å². The van der Waals surface area contributed by atoms with Crippen molar-refractivity contribution in [2.45, 2.75) is 63.7 Å². The number of hydrogen-bond acceptors (Lipinski definition) is 3. The lowest BCUT2D eigenvalue weighted by Crippen LogP contribution is -2.44. The molecule has 3 nitrogen and oxygen atoms in total. The van der Waals surface area contributed by atoms with Crippen molar-refractivity contribution < 1.29 is 4.79 Å². The molecule has 104 valence electrons. The Morgan fingerprint density at radius 3 is 2.79 bits per heavy atom. The molecule has 1 aromatic rings. The Balaban J connectivity index is 1.94. The van der Waals surface area contributed by atoms with E-state index in [9.17, 15) is 4.79 Å². The van der Waals surface area contributed by atoms with Crippen LogP contribution in [0.5, 0.6) is 0 Å². The van der Waals surface area contributed by atoms with Crippen LogP contribution >= 0.6 is 11.3 Å². The summed E-state index contributed by atoms with van der Waals surface area (Å²) in [5.41, 5.74) is 0.845. The summed E-state index contributed by atoms with van der Waals surface area (Å²) in [4.78, 5) is 15.0. The van der Waals surface area contributed by atoms with Crippen LogP contribution in [0.25, 0.3) is 0 Å². The van der Waals surface area contributed by atoms with E-state index in [2.05, 4.69) is 34.0 Å². The fourth-order valence-electron chi connectivity index (χ4n) is 3.32.